The Morgan fingerprint density at radius 2 is 1.84 bits per heavy atom. The number of hydrogen-bond acceptors (Lipinski definition) is 4. The molecule has 0 saturated heterocycles. The van der Waals surface area contributed by atoms with Gasteiger partial charge in [-0.25, -0.2) is 17.2 Å². The second kappa shape index (κ2) is 4.69. The van der Waals surface area contributed by atoms with Crippen LogP contribution in [0.5, 0.6) is 0 Å². The van der Waals surface area contributed by atoms with Crippen molar-refractivity contribution in [2.45, 2.75) is 5.16 Å². The molecule has 1 aromatic carbocycles. The highest BCUT2D eigenvalue weighted by atomic mass is 35.7. The zero-order valence-electron chi connectivity index (χ0n) is 9.23. The Hall–Kier alpha value is -1.25. The molecule has 0 aliphatic rings. The van der Waals surface area contributed by atoms with Crippen LogP contribution in [0, 0.1) is 11.6 Å². The number of nitrogens with zero attached hydrogens (tertiary/aromatic N) is 3. The minimum absolute atomic E-state index is 0.188. The number of benzene rings is 1. The smallest absolute Gasteiger partial charge is 0.296 e. The van der Waals surface area contributed by atoms with Crippen LogP contribution in [0.25, 0.3) is 11.4 Å². The molecule has 0 N–H and O–H groups in total. The first-order valence-electron chi connectivity index (χ1n) is 4.71. The predicted molar refractivity (Wildman–Crippen MR) is 64.4 cm³/mol. The predicted octanol–water partition coefficient (Wildman–Crippen LogP) is 2.34. The average molecular weight is 328 g/mol. The lowest BCUT2D eigenvalue weighted by Crippen LogP contribution is -2.03. The third-order valence-corrected chi connectivity index (χ3v) is 3.80. The largest absolute Gasteiger partial charge is 0.300 e. The Labute approximate surface area is 116 Å². The molecule has 0 atom stereocenters. The molecule has 0 bridgehead atoms. The minimum Gasteiger partial charge on any atom is -0.300 e. The van der Waals surface area contributed by atoms with Crippen molar-refractivity contribution >= 4 is 31.3 Å². The van der Waals surface area contributed by atoms with E-state index in [1.54, 1.807) is 0 Å². The van der Waals surface area contributed by atoms with Gasteiger partial charge in [-0.2, -0.15) is 0 Å². The van der Waals surface area contributed by atoms with E-state index in [1.165, 1.54) is 7.05 Å². The van der Waals surface area contributed by atoms with Crippen LogP contribution in [0.15, 0.2) is 17.3 Å². The number of rotatable bonds is 2. The number of halogens is 4. The van der Waals surface area contributed by atoms with E-state index in [9.17, 15) is 17.2 Å². The molecule has 1 heterocycles. The second-order valence-corrected chi connectivity index (χ2v) is 6.42. The van der Waals surface area contributed by atoms with Gasteiger partial charge in [0.05, 0.1) is 10.6 Å². The highest BCUT2D eigenvalue weighted by Crippen LogP contribution is 2.27. The van der Waals surface area contributed by atoms with E-state index in [-0.39, 0.29) is 11.4 Å². The van der Waals surface area contributed by atoms with Gasteiger partial charge in [0.15, 0.2) is 5.82 Å². The van der Waals surface area contributed by atoms with E-state index in [1.807, 2.05) is 0 Å². The van der Waals surface area contributed by atoms with Gasteiger partial charge in [0.2, 0.25) is 0 Å². The summed E-state index contributed by atoms with van der Waals surface area (Å²) in [5.41, 5.74) is -0.275. The van der Waals surface area contributed by atoms with Crippen molar-refractivity contribution in [3.63, 3.8) is 0 Å². The van der Waals surface area contributed by atoms with Crippen molar-refractivity contribution in [2.24, 2.45) is 7.05 Å². The molecule has 0 radical (unpaired) electrons. The van der Waals surface area contributed by atoms with E-state index in [0.29, 0.717) is 0 Å². The van der Waals surface area contributed by atoms with Crippen LogP contribution in [0.2, 0.25) is 5.02 Å². The molecule has 2 rings (SSSR count). The Morgan fingerprint density at radius 3 is 2.37 bits per heavy atom. The zero-order valence-corrected chi connectivity index (χ0v) is 11.6. The molecular formula is C9H5Cl2F2N3O2S. The summed E-state index contributed by atoms with van der Waals surface area (Å²) in [6.07, 6.45) is 0. The lowest BCUT2D eigenvalue weighted by molar-refractivity contribution is 0.591. The van der Waals surface area contributed by atoms with Gasteiger partial charge in [0, 0.05) is 17.7 Å². The highest BCUT2D eigenvalue weighted by molar-refractivity contribution is 8.13. The fourth-order valence-electron chi connectivity index (χ4n) is 1.46. The van der Waals surface area contributed by atoms with Crippen molar-refractivity contribution in [1.82, 2.24) is 14.8 Å². The van der Waals surface area contributed by atoms with Crippen LogP contribution >= 0.6 is 22.3 Å². The lowest BCUT2D eigenvalue weighted by Gasteiger charge is -2.04. The monoisotopic (exact) mass is 327 g/mol. The van der Waals surface area contributed by atoms with Gasteiger partial charge in [0.1, 0.15) is 11.6 Å². The molecular weight excluding hydrogens is 323 g/mol. The van der Waals surface area contributed by atoms with Crippen LogP contribution < -0.4 is 0 Å². The molecule has 1 aromatic heterocycles. The van der Waals surface area contributed by atoms with Gasteiger partial charge in [-0.05, 0) is 12.1 Å². The van der Waals surface area contributed by atoms with Crippen LogP contribution in [0.4, 0.5) is 8.78 Å². The molecule has 19 heavy (non-hydrogen) atoms. The first-order valence-corrected chi connectivity index (χ1v) is 7.39. The number of aromatic nitrogens is 3. The molecule has 0 aliphatic heterocycles. The summed E-state index contributed by atoms with van der Waals surface area (Å²) in [6, 6.07) is 1.56. The highest BCUT2D eigenvalue weighted by Gasteiger charge is 2.23. The summed E-state index contributed by atoms with van der Waals surface area (Å²) in [7, 11) is 2.25. The standard InChI is InChI=1S/C9H5Cl2F2N3O2S/c1-16-8(14-15-9(16)19(11,17)18)4-2-7(13)5(10)3-6(4)12/h2-3H,1H3. The van der Waals surface area contributed by atoms with Gasteiger partial charge in [-0.1, -0.05) is 11.6 Å². The maximum atomic E-state index is 13.7. The van der Waals surface area contributed by atoms with Crippen LogP contribution in [0.1, 0.15) is 0 Å². The van der Waals surface area contributed by atoms with Crippen molar-refractivity contribution in [3.05, 3.63) is 28.8 Å². The minimum atomic E-state index is -4.13. The fourth-order valence-corrected chi connectivity index (χ4v) is 2.56. The Bertz CT molecular complexity index is 761. The van der Waals surface area contributed by atoms with Crippen molar-refractivity contribution in [1.29, 1.82) is 0 Å². The quantitative estimate of drug-likeness (QED) is 0.627. The normalized spacial score (nSPS) is 11.8. The first-order chi connectivity index (χ1) is 8.71. The topological polar surface area (TPSA) is 64.8 Å². The van der Waals surface area contributed by atoms with Gasteiger partial charge in [-0.15, -0.1) is 10.2 Å². The van der Waals surface area contributed by atoms with Crippen molar-refractivity contribution < 1.29 is 17.2 Å². The van der Waals surface area contributed by atoms with Crippen molar-refractivity contribution in [2.75, 3.05) is 0 Å². The molecule has 0 saturated carbocycles. The van der Waals surface area contributed by atoms with Gasteiger partial charge in [0.25, 0.3) is 14.2 Å². The maximum Gasteiger partial charge on any atom is 0.296 e. The molecule has 102 valence electrons. The third-order valence-electron chi connectivity index (χ3n) is 2.30. The first kappa shape index (κ1) is 14.2. The lowest BCUT2D eigenvalue weighted by atomic mass is 10.2. The van der Waals surface area contributed by atoms with Crippen molar-refractivity contribution in [3.8, 4) is 11.4 Å². The molecule has 2 aromatic rings. The zero-order chi connectivity index (χ0) is 14.4. The van der Waals surface area contributed by atoms with Crippen LogP contribution in [-0.4, -0.2) is 23.2 Å². The SMILES string of the molecule is Cn1c(-c2cc(F)c(Cl)cc2F)nnc1S(=O)(=O)Cl. The van der Waals surface area contributed by atoms with Gasteiger partial charge in [-0.3, -0.25) is 4.57 Å². The Kier molecular flexibility index (Phi) is 3.50. The van der Waals surface area contributed by atoms with E-state index in [2.05, 4.69) is 10.2 Å². The number of hydrogen-bond donors (Lipinski definition) is 0. The molecule has 0 amide bonds. The summed E-state index contributed by atoms with van der Waals surface area (Å²) >= 11 is 5.42. The molecule has 0 fully saturated rings. The molecule has 5 nitrogen and oxygen atoms in total. The van der Waals surface area contributed by atoms with Gasteiger partial charge < -0.3 is 0 Å². The van der Waals surface area contributed by atoms with E-state index >= 15 is 0 Å². The fraction of sp³-hybridized carbons (Fsp3) is 0.111. The third kappa shape index (κ3) is 2.56. The average Bonchev–Trinajstić information content (AvgIpc) is 2.65. The summed E-state index contributed by atoms with van der Waals surface area (Å²) in [5, 5.41) is 5.85. The van der Waals surface area contributed by atoms with Crippen LogP contribution in [-0.2, 0) is 16.1 Å². The molecule has 0 aliphatic carbocycles. The molecule has 10 heteroatoms. The summed E-state index contributed by atoms with van der Waals surface area (Å²) in [5.74, 6) is -1.91. The van der Waals surface area contributed by atoms with Gasteiger partial charge >= 0.3 is 0 Å². The second-order valence-electron chi connectivity index (χ2n) is 3.55. The van der Waals surface area contributed by atoms with Crippen LogP contribution in [0.3, 0.4) is 0 Å². The summed E-state index contributed by atoms with van der Waals surface area (Å²) < 4.78 is 50.3. The Balaban J connectivity index is 2.68. The van der Waals surface area contributed by atoms with E-state index < -0.39 is 30.9 Å². The Morgan fingerprint density at radius 1 is 1.21 bits per heavy atom. The van der Waals surface area contributed by atoms with E-state index in [4.69, 9.17) is 22.3 Å². The molecule has 0 spiro atoms. The summed E-state index contributed by atoms with van der Waals surface area (Å²) in [6.45, 7) is 0. The maximum absolute atomic E-state index is 13.7. The molecule has 0 unspecified atom stereocenters. The van der Waals surface area contributed by atoms with E-state index in [0.717, 1.165) is 16.7 Å². The summed E-state index contributed by atoms with van der Waals surface area (Å²) in [4.78, 5) is 0.